The topological polar surface area (TPSA) is 69.3 Å². The highest BCUT2D eigenvalue weighted by Gasteiger charge is 2.63. The number of rotatable bonds is 4. The highest BCUT2D eigenvalue weighted by atomic mass is 32.2. The van der Waals surface area contributed by atoms with Gasteiger partial charge in [0.15, 0.2) is 0 Å². The Kier molecular flexibility index (Phi) is 5.31. The number of imidazole rings is 1. The fourth-order valence-electron chi connectivity index (χ4n) is 5.93. The van der Waals surface area contributed by atoms with Crippen molar-refractivity contribution in [2.75, 3.05) is 11.4 Å². The molecule has 0 spiro atoms. The van der Waals surface area contributed by atoms with E-state index in [9.17, 15) is 34.8 Å². The summed E-state index contributed by atoms with van der Waals surface area (Å²) in [7, 11) is -5.78. The molecule has 13 heteroatoms. The Morgan fingerprint density at radius 2 is 1.77 bits per heavy atom. The van der Waals surface area contributed by atoms with E-state index < -0.39 is 46.4 Å². The molecule has 1 N–H and O–H groups in total. The lowest BCUT2D eigenvalue weighted by Crippen LogP contribution is -2.66. The van der Waals surface area contributed by atoms with Gasteiger partial charge in [-0.05, 0) is 67.7 Å². The molecular formula is C22H24F6N4O2S. The van der Waals surface area contributed by atoms with E-state index in [1.165, 1.54) is 19.3 Å². The molecule has 0 saturated heterocycles. The Balaban J connectivity index is 1.70. The van der Waals surface area contributed by atoms with Crippen LogP contribution in [0, 0.1) is 25.2 Å². The Morgan fingerprint density at radius 3 is 2.26 bits per heavy atom. The Hall–Kier alpha value is -2.28. The molecule has 3 fully saturated rings. The summed E-state index contributed by atoms with van der Waals surface area (Å²) in [5.41, 5.74) is -5.68. The van der Waals surface area contributed by atoms with E-state index in [0.717, 1.165) is 31.0 Å². The zero-order valence-corrected chi connectivity index (χ0v) is 19.8. The first-order valence-electron chi connectivity index (χ1n) is 11.2. The van der Waals surface area contributed by atoms with Crippen molar-refractivity contribution in [1.29, 1.82) is 0 Å². The van der Waals surface area contributed by atoms with Crippen molar-refractivity contribution in [2.24, 2.45) is 11.3 Å². The monoisotopic (exact) mass is 522 g/mol. The lowest BCUT2D eigenvalue weighted by molar-refractivity contribution is -0.138. The molecule has 3 saturated carbocycles. The fraction of sp³-hybridized carbons (Fsp3) is 0.591. The van der Waals surface area contributed by atoms with Crippen LogP contribution < -0.4 is 4.90 Å². The maximum absolute atomic E-state index is 13.7. The van der Waals surface area contributed by atoms with Crippen molar-refractivity contribution in [1.82, 2.24) is 14.3 Å². The average molecular weight is 523 g/mol. The minimum atomic E-state index is -5.78. The number of anilines is 1. The van der Waals surface area contributed by atoms with E-state index in [-0.39, 0.29) is 23.1 Å². The Morgan fingerprint density at radius 1 is 1.11 bits per heavy atom. The predicted molar refractivity (Wildman–Crippen MR) is 115 cm³/mol. The van der Waals surface area contributed by atoms with Crippen LogP contribution in [0.4, 0.5) is 32.0 Å². The number of benzene rings is 1. The van der Waals surface area contributed by atoms with Crippen molar-refractivity contribution in [3.05, 3.63) is 46.5 Å². The molecule has 4 aliphatic rings. The minimum Gasteiger partial charge on any atom is -0.360 e. The summed E-state index contributed by atoms with van der Waals surface area (Å²) in [6.07, 6.45) is -1.01. The second kappa shape index (κ2) is 7.61. The molecule has 192 valence electrons. The van der Waals surface area contributed by atoms with Crippen LogP contribution in [0.25, 0.3) is 0 Å². The molecule has 1 aromatic heterocycles. The number of aromatic nitrogens is 2. The van der Waals surface area contributed by atoms with Gasteiger partial charge in [0.05, 0.1) is 24.1 Å². The number of sulfonamides is 1. The first-order chi connectivity index (χ1) is 16.1. The zero-order chi connectivity index (χ0) is 25.6. The molecule has 35 heavy (non-hydrogen) atoms. The van der Waals surface area contributed by atoms with E-state index >= 15 is 0 Å². The maximum atomic E-state index is 13.7. The smallest absolute Gasteiger partial charge is 0.360 e. The molecule has 0 unspecified atom stereocenters. The van der Waals surface area contributed by atoms with Crippen molar-refractivity contribution in [3.63, 3.8) is 0 Å². The number of aryl methyl sites for hydroxylation is 1. The van der Waals surface area contributed by atoms with Gasteiger partial charge in [-0.25, -0.2) is 13.4 Å². The highest BCUT2D eigenvalue weighted by Crippen LogP contribution is 2.68. The second-order valence-corrected chi connectivity index (χ2v) is 11.9. The van der Waals surface area contributed by atoms with Crippen LogP contribution in [-0.4, -0.2) is 40.8 Å². The van der Waals surface area contributed by atoms with Gasteiger partial charge in [-0.15, -0.1) is 0 Å². The van der Waals surface area contributed by atoms with Gasteiger partial charge in [-0.2, -0.15) is 30.6 Å². The Labute approximate surface area is 198 Å². The molecule has 1 atom stereocenters. The molecule has 0 amide bonds. The molecule has 2 heterocycles. The summed E-state index contributed by atoms with van der Waals surface area (Å²) in [6, 6.07) is 1.54. The van der Waals surface area contributed by atoms with Gasteiger partial charge in [-0.3, -0.25) is 0 Å². The summed E-state index contributed by atoms with van der Waals surface area (Å²) in [5, 5.41) is 0. The average Bonchev–Trinajstić information content (AvgIpc) is 2.98. The van der Waals surface area contributed by atoms with Crippen molar-refractivity contribution in [3.8, 4) is 0 Å². The van der Waals surface area contributed by atoms with Crippen LogP contribution in [0.15, 0.2) is 18.5 Å². The highest BCUT2D eigenvalue weighted by molar-refractivity contribution is 7.89. The normalized spacial score (nSPS) is 27.1. The van der Waals surface area contributed by atoms with Gasteiger partial charge in [0.1, 0.15) is 0 Å². The molecular weight excluding hydrogens is 498 g/mol. The van der Waals surface area contributed by atoms with E-state index in [1.54, 1.807) is 11.8 Å². The van der Waals surface area contributed by atoms with Crippen molar-refractivity contribution < 1.29 is 34.8 Å². The summed E-state index contributed by atoms with van der Waals surface area (Å²) < 4.78 is 107. The number of fused-ring (bicyclic) bond motifs is 1. The number of halogens is 6. The van der Waals surface area contributed by atoms with Crippen molar-refractivity contribution >= 4 is 15.7 Å². The van der Waals surface area contributed by atoms with Gasteiger partial charge in [0.2, 0.25) is 0 Å². The first-order valence-corrected chi connectivity index (χ1v) is 12.6. The van der Waals surface area contributed by atoms with Crippen LogP contribution >= 0.6 is 0 Å². The van der Waals surface area contributed by atoms with E-state index in [1.807, 2.05) is 0 Å². The molecule has 2 bridgehead atoms. The number of nitrogens with zero attached hydrogens (tertiary/aromatic N) is 3. The van der Waals surface area contributed by atoms with Crippen LogP contribution in [0.1, 0.15) is 47.3 Å². The molecule has 2 aromatic rings. The quantitative estimate of drug-likeness (QED) is 0.581. The number of nitrogens with one attached hydrogen (secondary N) is 1. The summed E-state index contributed by atoms with van der Waals surface area (Å²) in [6.45, 7) is 1.82. The van der Waals surface area contributed by atoms with Crippen LogP contribution in [0.3, 0.4) is 0 Å². The lowest BCUT2D eigenvalue weighted by Gasteiger charge is -2.67. The van der Waals surface area contributed by atoms with Crippen LogP contribution in [-0.2, 0) is 29.3 Å². The van der Waals surface area contributed by atoms with Crippen LogP contribution in [0.2, 0.25) is 0 Å². The van der Waals surface area contributed by atoms with E-state index in [0.29, 0.717) is 21.6 Å². The molecule has 1 aromatic carbocycles. The van der Waals surface area contributed by atoms with Gasteiger partial charge < -0.3 is 9.88 Å². The zero-order valence-electron chi connectivity index (χ0n) is 19.0. The molecule has 3 aliphatic carbocycles. The molecule has 6 nitrogen and oxygen atoms in total. The van der Waals surface area contributed by atoms with Crippen molar-refractivity contribution in [2.45, 2.75) is 63.9 Å². The number of hydrogen-bond acceptors (Lipinski definition) is 4. The van der Waals surface area contributed by atoms with Crippen LogP contribution in [0.5, 0.6) is 0 Å². The first kappa shape index (κ1) is 24.4. The fourth-order valence-corrected chi connectivity index (χ4v) is 6.86. The van der Waals surface area contributed by atoms with E-state index in [4.69, 9.17) is 0 Å². The third-order valence-corrected chi connectivity index (χ3v) is 9.50. The van der Waals surface area contributed by atoms with Gasteiger partial charge in [0.25, 0.3) is 0 Å². The summed E-state index contributed by atoms with van der Waals surface area (Å²) in [5.74, 6) is 0.453. The standard InChI is InChI=1S/C22H24F6N4O2S/c1-12-15-8-31(35(33,34)22(26,27)28)10-19(20-5-14(6-20)7-20)32(9-17-13(2)29-11-30-17)18(15)4-3-16(12)21(23,24)25/h3-4,11,14,19H,5-10H2,1-2H3,(H,29,30)/t14?,19-,20?/m0/s1. The predicted octanol–water partition coefficient (Wildman–Crippen LogP) is 4.89. The van der Waals surface area contributed by atoms with E-state index in [2.05, 4.69) is 9.97 Å². The second-order valence-electron chi connectivity index (χ2n) is 9.94. The summed E-state index contributed by atoms with van der Waals surface area (Å²) in [4.78, 5) is 9.01. The largest absolute Gasteiger partial charge is 0.511 e. The number of aromatic amines is 1. The molecule has 6 rings (SSSR count). The summed E-state index contributed by atoms with van der Waals surface area (Å²) >= 11 is 0. The third kappa shape index (κ3) is 3.73. The third-order valence-electron chi connectivity index (χ3n) is 7.96. The SMILES string of the molecule is Cc1[nH]cnc1CN1c2ccc(C(F)(F)F)c(C)c2CN(S(=O)(=O)C(F)(F)F)C[C@H]1C12CC(C1)C2. The number of H-pyrrole nitrogens is 1. The molecule has 1 aliphatic heterocycles. The van der Waals surface area contributed by atoms with Gasteiger partial charge in [0, 0.05) is 30.5 Å². The van der Waals surface area contributed by atoms with Gasteiger partial charge >= 0.3 is 21.7 Å². The number of hydrogen-bond donors (Lipinski definition) is 1. The lowest BCUT2D eigenvalue weighted by atomic mass is 9.41. The Bertz CT molecular complexity index is 1250. The number of alkyl halides is 6. The minimum absolute atomic E-state index is 0.0741. The maximum Gasteiger partial charge on any atom is 0.511 e. The van der Waals surface area contributed by atoms with Gasteiger partial charge in [-0.1, -0.05) is 0 Å². The molecule has 0 radical (unpaired) electrons.